The quantitative estimate of drug-likeness (QED) is 0.639. The molecule has 0 N–H and O–H groups in total. The van der Waals surface area contributed by atoms with E-state index in [1.54, 1.807) is 21.3 Å². The molecule has 5 rings (SSSR count). The topological polar surface area (TPSA) is 30.9 Å². The predicted molar refractivity (Wildman–Crippen MR) is 108 cm³/mol. The van der Waals surface area contributed by atoms with Crippen molar-refractivity contribution in [3.63, 3.8) is 0 Å². The van der Waals surface area contributed by atoms with Crippen LogP contribution in [-0.4, -0.2) is 38.8 Å². The van der Waals surface area contributed by atoms with E-state index in [0.29, 0.717) is 6.04 Å². The minimum atomic E-state index is 0.671. The molecule has 1 atom stereocenters. The first-order chi connectivity index (χ1) is 13.2. The third kappa shape index (κ3) is 2.47. The lowest BCUT2D eigenvalue weighted by atomic mass is 9.85. The average Bonchev–Trinajstić information content (AvgIpc) is 3.18. The van der Waals surface area contributed by atoms with Crippen LogP contribution in [0.4, 0.5) is 0 Å². The van der Waals surface area contributed by atoms with Crippen LogP contribution in [0.3, 0.4) is 0 Å². The Kier molecular flexibility index (Phi) is 3.90. The number of nitrogens with zero attached hydrogens (tertiary/aromatic N) is 1. The van der Waals surface area contributed by atoms with Gasteiger partial charge in [0.15, 0.2) is 11.5 Å². The van der Waals surface area contributed by atoms with E-state index >= 15 is 0 Å². The van der Waals surface area contributed by atoms with Crippen LogP contribution in [0.15, 0.2) is 30.3 Å². The fourth-order valence-corrected chi connectivity index (χ4v) is 5.00. The van der Waals surface area contributed by atoms with Crippen LogP contribution >= 0.6 is 0 Å². The molecular weight excluding hydrogens is 338 g/mol. The molecule has 27 heavy (non-hydrogen) atoms. The highest BCUT2D eigenvalue weighted by atomic mass is 16.5. The van der Waals surface area contributed by atoms with Crippen molar-refractivity contribution in [2.75, 3.05) is 27.9 Å². The first kappa shape index (κ1) is 16.7. The molecule has 0 radical (unpaired) electrons. The minimum Gasteiger partial charge on any atom is -0.497 e. The van der Waals surface area contributed by atoms with Gasteiger partial charge in [-0.05, 0) is 82.7 Å². The summed E-state index contributed by atoms with van der Waals surface area (Å²) in [6.07, 6.45) is 3.72. The highest BCUT2D eigenvalue weighted by molar-refractivity contribution is 6.12. The summed E-state index contributed by atoms with van der Waals surface area (Å²) in [5.41, 5.74) is 2.91. The predicted octanol–water partition coefficient (Wildman–Crippen LogP) is 4.54. The second kappa shape index (κ2) is 6.31. The van der Waals surface area contributed by atoms with E-state index < -0.39 is 0 Å². The largest absolute Gasteiger partial charge is 0.497 e. The molecule has 1 saturated heterocycles. The van der Waals surface area contributed by atoms with Crippen LogP contribution in [0, 0.1) is 0 Å². The first-order valence-electron chi connectivity index (χ1n) is 9.64. The van der Waals surface area contributed by atoms with E-state index in [1.807, 2.05) is 0 Å². The Hall–Kier alpha value is -2.46. The van der Waals surface area contributed by atoms with Crippen LogP contribution in [0.2, 0.25) is 0 Å². The Bertz CT molecular complexity index is 1040. The SMILES string of the molecule is COc1ccc2c(c1)c1c(c3cc(OC)c(OC)cc32)CN2CCCC2C1. The highest BCUT2D eigenvalue weighted by Gasteiger charge is 2.32. The van der Waals surface area contributed by atoms with Crippen LogP contribution in [0.5, 0.6) is 17.2 Å². The molecule has 0 aromatic heterocycles. The van der Waals surface area contributed by atoms with Gasteiger partial charge in [0.25, 0.3) is 0 Å². The van der Waals surface area contributed by atoms with Gasteiger partial charge in [-0.2, -0.15) is 0 Å². The summed E-state index contributed by atoms with van der Waals surface area (Å²) in [7, 11) is 5.14. The third-order valence-corrected chi connectivity index (χ3v) is 6.36. The van der Waals surface area contributed by atoms with E-state index in [0.717, 1.165) is 30.2 Å². The summed E-state index contributed by atoms with van der Waals surface area (Å²) < 4.78 is 16.7. The number of benzene rings is 3. The maximum atomic E-state index is 5.61. The van der Waals surface area contributed by atoms with Gasteiger partial charge in [0.1, 0.15) is 5.75 Å². The van der Waals surface area contributed by atoms with Gasteiger partial charge in [-0.25, -0.2) is 0 Å². The zero-order valence-electron chi connectivity index (χ0n) is 16.2. The van der Waals surface area contributed by atoms with Crippen molar-refractivity contribution < 1.29 is 14.2 Å². The molecule has 0 bridgehead atoms. The second-order valence-electron chi connectivity index (χ2n) is 7.59. The Morgan fingerprint density at radius 3 is 2.30 bits per heavy atom. The van der Waals surface area contributed by atoms with Crippen LogP contribution < -0.4 is 14.2 Å². The highest BCUT2D eigenvalue weighted by Crippen LogP contribution is 2.44. The van der Waals surface area contributed by atoms with E-state index in [9.17, 15) is 0 Å². The van der Waals surface area contributed by atoms with Crippen LogP contribution in [0.25, 0.3) is 21.5 Å². The summed E-state index contributed by atoms with van der Waals surface area (Å²) in [4.78, 5) is 2.64. The summed E-state index contributed by atoms with van der Waals surface area (Å²) in [5.74, 6) is 2.49. The van der Waals surface area contributed by atoms with Crippen LogP contribution in [0.1, 0.15) is 24.0 Å². The van der Waals surface area contributed by atoms with Gasteiger partial charge in [0.2, 0.25) is 0 Å². The molecule has 1 fully saturated rings. The standard InChI is InChI=1S/C23H25NO3/c1-25-15-6-7-16-18(10-15)17-9-14-5-4-8-24(14)13-21(17)20-12-23(27-3)22(26-2)11-19(16)20/h6-7,10-12,14H,4-5,8-9,13H2,1-3H3. The fraction of sp³-hybridized carbons (Fsp3) is 0.391. The van der Waals surface area contributed by atoms with E-state index in [2.05, 4.69) is 35.2 Å². The van der Waals surface area contributed by atoms with Gasteiger partial charge in [-0.15, -0.1) is 0 Å². The Morgan fingerprint density at radius 1 is 0.815 bits per heavy atom. The second-order valence-corrected chi connectivity index (χ2v) is 7.59. The molecule has 2 aliphatic rings. The zero-order valence-corrected chi connectivity index (χ0v) is 16.2. The Balaban J connectivity index is 1.88. The molecule has 3 aromatic rings. The number of ether oxygens (including phenoxy) is 3. The zero-order chi connectivity index (χ0) is 18.5. The Morgan fingerprint density at radius 2 is 1.56 bits per heavy atom. The molecule has 2 aliphatic heterocycles. The molecule has 140 valence electrons. The fourth-order valence-electron chi connectivity index (χ4n) is 5.00. The molecule has 4 heteroatoms. The third-order valence-electron chi connectivity index (χ3n) is 6.36. The first-order valence-corrected chi connectivity index (χ1v) is 9.64. The number of hydrogen-bond acceptors (Lipinski definition) is 4. The van der Waals surface area contributed by atoms with Crippen molar-refractivity contribution in [3.05, 3.63) is 41.5 Å². The van der Waals surface area contributed by atoms with E-state index in [4.69, 9.17) is 14.2 Å². The lowest BCUT2D eigenvalue weighted by Gasteiger charge is -2.33. The number of fused-ring (bicyclic) bond motifs is 7. The lowest BCUT2D eigenvalue weighted by molar-refractivity contribution is 0.229. The number of rotatable bonds is 3. The summed E-state index contributed by atoms with van der Waals surface area (Å²) in [6.45, 7) is 2.22. The maximum absolute atomic E-state index is 5.61. The molecule has 3 aromatic carbocycles. The smallest absolute Gasteiger partial charge is 0.161 e. The minimum absolute atomic E-state index is 0.671. The van der Waals surface area contributed by atoms with E-state index in [-0.39, 0.29) is 0 Å². The number of hydrogen-bond donors (Lipinski definition) is 0. The average molecular weight is 363 g/mol. The Labute approximate surface area is 159 Å². The maximum Gasteiger partial charge on any atom is 0.161 e. The van der Waals surface area contributed by atoms with Gasteiger partial charge >= 0.3 is 0 Å². The van der Waals surface area contributed by atoms with Gasteiger partial charge in [-0.3, -0.25) is 4.90 Å². The molecule has 0 spiro atoms. The van der Waals surface area contributed by atoms with E-state index in [1.165, 1.54) is 52.1 Å². The number of methoxy groups -OCH3 is 3. The monoisotopic (exact) mass is 363 g/mol. The van der Waals surface area contributed by atoms with Crippen molar-refractivity contribution in [2.24, 2.45) is 0 Å². The summed E-state index contributed by atoms with van der Waals surface area (Å²) in [6, 6.07) is 11.4. The molecule has 0 aliphatic carbocycles. The van der Waals surface area contributed by atoms with Crippen LogP contribution in [-0.2, 0) is 13.0 Å². The van der Waals surface area contributed by atoms with Crippen molar-refractivity contribution in [1.29, 1.82) is 0 Å². The van der Waals surface area contributed by atoms with Gasteiger partial charge in [-0.1, -0.05) is 6.07 Å². The van der Waals surface area contributed by atoms with Crippen molar-refractivity contribution >= 4 is 21.5 Å². The molecule has 0 amide bonds. The molecule has 1 unspecified atom stereocenters. The summed E-state index contributed by atoms with van der Waals surface area (Å²) in [5, 5.41) is 5.08. The van der Waals surface area contributed by atoms with Gasteiger partial charge in [0.05, 0.1) is 21.3 Å². The molecular formula is C23H25NO3. The normalized spacial score (nSPS) is 19.1. The molecule has 2 heterocycles. The summed E-state index contributed by atoms with van der Waals surface area (Å²) >= 11 is 0. The van der Waals surface area contributed by atoms with Gasteiger partial charge in [0, 0.05) is 12.6 Å². The molecule has 4 nitrogen and oxygen atoms in total. The van der Waals surface area contributed by atoms with Gasteiger partial charge < -0.3 is 14.2 Å². The van der Waals surface area contributed by atoms with Crippen molar-refractivity contribution in [1.82, 2.24) is 4.90 Å². The molecule has 0 saturated carbocycles. The van der Waals surface area contributed by atoms with Crippen molar-refractivity contribution in [3.8, 4) is 17.2 Å². The lowest BCUT2D eigenvalue weighted by Crippen LogP contribution is -2.35. The van der Waals surface area contributed by atoms with Crippen molar-refractivity contribution in [2.45, 2.75) is 31.8 Å².